The first kappa shape index (κ1) is 22.0. The van der Waals surface area contributed by atoms with Crippen molar-refractivity contribution >= 4 is 21.4 Å². The lowest BCUT2D eigenvalue weighted by atomic mass is 10.1. The van der Waals surface area contributed by atoms with Crippen molar-refractivity contribution in [2.75, 3.05) is 6.26 Å². The summed E-state index contributed by atoms with van der Waals surface area (Å²) in [5.74, 6) is 0.849. The first-order chi connectivity index (χ1) is 15.4. The predicted octanol–water partition coefficient (Wildman–Crippen LogP) is 5.02. The fraction of sp³-hybridized carbons (Fsp3) is 0.125. The second-order valence-electron chi connectivity index (χ2n) is 7.23. The lowest BCUT2D eigenvalue weighted by Crippen LogP contribution is -2.00. The standard InChI is InChI=1S/C24H21NO5S2/c1-32(27,28)23-5-3-2-4-21(23)30-20-12-8-18(9-13-20)16-29-15-17-6-10-19(11-7-17)22-14-24(26)25-31-22/h2-14H,15-16H2,1H3,(H,25,26). The third-order valence-electron chi connectivity index (χ3n) is 4.70. The molecule has 8 heteroatoms. The molecule has 0 amide bonds. The van der Waals surface area contributed by atoms with Gasteiger partial charge in [0.25, 0.3) is 5.56 Å². The van der Waals surface area contributed by atoms with E-state index >= 15 is 0 Å². The summed E-state index contributed by atoms with van der Waals surface area (Å²) in [6.45, 7) is 0.894. The highest BCUT2D eigenvalue weighted by atomic mass is 32.2. The Labute approximate surface area is 190 Å². The van der Waals surface area contributed by atoms with E-state index in [4.69, 9.17) is 9.47 Å². The molecule has 164 valence electrons. The second-order valence-corrected chi connectivity index (χ2v) is 10.1. The first-order valence-corrected chi connectivity index (χ1v) is 12.5. The molecule has 1 aromatic heterocycles. The zero-order valence-corrected chi connectivity index (χ0v) is 18.9. The van der Waals surface area contributed by atoms with Crippen LogP contribution in [0.3, 0.4) is 0 Å². The van der Waals surface area contributed by atoms with Crippen molar-refractivity contribution in [3.05, 3.63) is 100 Å². The first-order valence-electron chi connectivity index (χ1n) is 9.80. The molecular weight excluding hydrogens is 446 g/mol. The molecule has 0 spiro atoms. The Hall–Kier alpha value is -3.20. The molecule has 3 aromatic carbocycles. The van der Waals surface area contributed by atoms with E-state index in [9.17, 15) is 13.2 Å². The number of benzene rings is 3. The van der Waals surface area contributed by atoms with Crippen LogP contribution in [0.2, 0.25) is 0 Å². The predicted molar refractivity (Wildman–Crippen MR) is 125 cm³/mol. The van der Waals surface area contributed by atoms with Crippen LogP contribution < -0.4 is 10.3 Å². The summed E-state index contributed by atoms with van der Waals surface area (Å²) in [5, 5.41) is 0. The monoisotopic (exact) mass is 467 g/mol. The molecule has 0 fully saturated rings. The normalized spacial score (nSPS) is 11.4. The van der Waals surface area contributed by atoms with Crippen molar-refractivity contribution in [1.29, 1.82) is 0 Å². The molecule has 1 heterocycles. The average molecular weight is 468 g/mol. The van der Waals surface area contributed by atoms with Crippen LogP contribution in [0.15, 0.2) is 88.6 Å². The van der Waals surface area contributed by atoms with Crippen molar-refractivity contribution in [3.8, 4) is 21.9 Å². The van der Waals surface area contributed by atoms with Crippen molar-refractivity contribution in [2.45, 2.75) is 18.1 Å². The van der Waals surface area contributed by atoms with E-state index in [-0.39, 0.29) is 10.5 Å². The van der Waals surface area contributed by atoms with E-state index in [1.807, 2.05) is 36.4 Å². The Balaban J connectivity index is 1.32. The second kappa shape index (κ2) is 9.52. The van der Waals surface area contributed by atoms with E-state index in [2.05, 4.69) is 4.37 Å². The van der Waals surface area contributed by atoms with E-state index < -0.39 is 9.84 Å². The highest BCUT2D eigenvalue weighted by Crippen LogP contribution is 2.29. The molecule has 0 bridgehead atoms. The third-order valence-corrected chi connectivity index (χ3v) is 6.71. The van der Waals surface area contributed by atoms with Crippen LogP contribution in [0.1, 0.15) is 11.1 Å². The summed E-state index contributed by atoms with van der Waals surface area (Å²) in [5.41, 5.74) is 2.91. The number of rotatable bonds is 8. The number of ether oxygens (including phenoxy) is 2. The van der Waals surface area contributed by atoms with E-state index in [0.717, 1.165) is 27.8 Å². The van der Waals surface area contributed by atoms with E-state index in [1.165, 1.54) is 17.6 Å². The van der Waals surface area contributed by atoms with Gasteiger partial charge in [0.15, 0.2) is 9.84 Å². The number of nitrogens with one attached hydrogen (secondary N) is 1. The van der Waals surface area contributed by atoms with Crippen molar-refractivity contribution in [2.24, 2.45) is 0 Å². The Kier molecular flexibility index (Phi) is 6.55. The largest absolute Gasteiger partial charge is 0.456 e. The molecule has 0 saturated heterocycles. The molecule has 0 unspecified atom stereocenters. The third kappa shape index (κ3) is 5.53. The highest BCUT2D eigenvalue weighted by molar-refractivity contribution is 7.90. The van der Waals surface area contributed by atoms with Gasteiger partial charge < -0.3 is 9.47 Å². The molecule has 0 radical (unpaired) electrons. The lowest BCUT2D eigenvalue weighted by Gasteiger charge is -2.10. The summed E-state index contributed by atoms with van der Waals surface area (Å²) in [6.07, 6.45) is 1.16. The quantitative estimate of drug-likeness (QED) is 0.393. The smallest absolute Gasteiger partial charge is 0.258 e. The molecule has 4 aromatic rings. The molecular formula is C24H21NO5S2. The summed E-state index contributed by atoms with van der Waals surface area (Å²) < 4.78 is 38.1. The van der Waals surface area contributed by atoms with Gasteiger partial charge in [-0.1, -0.05) is 60.1 Å². The minimum atomic E-state index is -3.38. The van der Waals surface area contributed by atoms with Crippen LogP contribution in [-0.2, 0) is 27.8 Å². The van der Waals surface area contributed by atoms with Gasteiger partial charge in [-0.15, -0.1) is 0 Å². The van der Waals surface area contributed by atoms with Crippen molar-refractivity contribution in [3.63, 3.8) is 0 Å². The van der Waals surface area contributed by atoms with Gasteiger partial charge in [-0.25, -0.2) is 8.42 Å². The van der Waals surface area contributed by atoms with Crippen molar-refractivity contribution < 1.29 is 17.9 Å². The minimum Gasteiger partial charge on any atom is -0.456 e. The SMILES string of the molecule is CS(=O)(=O)c1ccccc1Oc1ccc(COCc2ccc(-c3cc(=O)[nH]s3)cc2)cc1. The van der Waals surface area contributed by atoms with E-state index in [1.54, 1.807) is 36.4 Å². The molecule has 32 heavy (non-hydrogen) atoms. The van der Waals surface area contributed by atoms with E-state index in [0.29, 0.717) is 24.7 Å². The molecule has 0 aliphatic rings. The van der Waals surface area contributed by atoms with Gasteiger partial charge in [0, 0.05) is 12.3 Å². The molecule has 0 aliphatic heterocycles. The number of aromatic amines is 1. The zero-order valence-electron chi connectivity index (χ0n) is 17.3. The maximum absolute atomic E-state index is 11.9. The molecule has 0 atom stereocenters. The van der Waals surface area contributed by atoms with Gasteiger partial charge in [0.2, 0.25) is 0 Å². The maximum atomic E-state index is 11.9. The number of sulfone groups is 1. The number of hydrogen-bond donors (Lipinski definition) is 1. The molecule has 4 rings (SSSR count). The molecule has 6 nitrogen and oxygen atoms in total. The topological polar surface area (TPSA) is 85.5 Å². The van der Waals surface area contributed by atoms with Crippen LogP contribution in [0.4, 0.5) is 0 Å². The average Bonchev–Trinajstić information content (AvgIpc) is 3.21. The van der Waals surface area contributed by atoms with Crippen LogP contribution in [0, 0.1) is 0 Å². The fourth-order valence-electron chi connectivity index (χ4n) is 3.10. The van der Waals surface area contributed by atoms with Crippen LogP contribution in [0.5, 0.6) is 11.5 Å². The van der Waals surface area contributed by atoms with Gasteiger partial charge in [-0.3, -0.25) is 9.17 Å². The Bertz CT molecular complexity index is 1350. The molecule has 1 N–H and O–H groups in total. The van der Waals surface area contributed by atoms with Gasteiger partial charge in [-0.05, 0) is 41.0 Å². The Morgan fingerprint density at radius 2 is 1.50 bits per heavy atom. The lowest BCUT2D eigenvalue weighted by molar-refractivity contribution is 0.107. The molecule has 0 saturated carbocycles. The number of para-hydroxylation sites is 1. The minimum absolute atomic E-state index is 0.0894. The zero-order chi connectivity index (χ0) is 22.6. The van der Waals surface area contributed by atoms with Gasteiger partial charge >= 0.3 is 0 Å². The fourth-order valence-corrected chi connectivity index (χ4v) is 4.59. The Morgan fingerprint density at radius 3 is 2.09 bits per heavy atom. The molecule has 0 aliphatic carbocycles. The number of hydrogen-bond acceptors (Lipinski definition) is 6. The van der Waals surface area contributed by atoms with Crippen LogP contribution in [-0.4, -0.2) is 19.0 Å². The number of H-pyrrole nitrogens is 1. The van der Waals surface area contributed by atoms with Gasteiger partial charge in [0.1, 0.15) is 16.4 Å². The summed E-state index contributed by atoms with van der Waals surface area (Å²) >= 11 is 1.32. The highest BCUT2D eigenvalue weighted by Gasteiger charge is 2.14. The summed E-state index contributed by atoms with van der Waals surface area (Å²) in [4.78, 5) is 12.3. The number of aromatic nitrogens is 1. The van der Waals surface area contributed by atoms with Gasteiger partial charge in [-0.2, -0.15) is 0 Å². The van der Waals surface area contributed by atoms with Crippen LogP contribution in [0.25, 0.3) is 10.4 Å². The van der Waals surface area contributed by atoms with Crippen molar-refractivity contribution in [1.82, 2.24) is 4.37 Å². The summed E-state index contributed by atoms with van der Waals surface area (Å²) in [7, 11) is -3.38. The Morgan fingerprint density at radius 1 is 0.875 bits per heavy atom. The van der Waals surface area contributed by atoms with Gasteiger partial charge in [0.05, 0.1) is 18.1 Å². The summed E-state index contributed by atoms with van der Waals surface area (Å²) in [6, 6.07) is 23.4. The maximum Gasteiger partial charge on any atom is 0.258 e. The van der Waals surface area contributed by atoms with Crippen LogP contribution >= 0.6 is 11.5 Å².